The summed E-state index contributed by atoms with van der Waals surface area (Å²) in [5, 5.41) is 8.13. The van der Waals surface area contributed by atoms with Crippen LogP contribution in [0.4, 0.5) is 0 Å². The lowest BCUT2D eigenvalue weighted by atomic mass is 10.1. The van der Waals surface area contributed by atoms with Crippen molar-refractivity contribution in [3.63, 3.8) is 0 Å². The first-order chi connectivity index (χ1) is 9.83. The molecule has 0 atom stereocenters. The Balaban J connectivity index is 1.84. The number of hydrogen-bond donors (Lipinski definition) is 0. The van der Waals surface area contributed by atoms with Crippen molar-refractivity contribution in [2.24, 2.45) is 0 Å². The Hall–Kier alpha value is -2.20. The first-order valence-corrected chi connectivity index (χ1v) is 7.49. The number of aromatic nitrogens is 3. The van der Waals surface area contributed by atoms with Crippen LogP contribution in [-0.2, 0) is 6.42 Å². The summed E-state index contributed by atoms with van der Waals surface area (Å²) in [4.78, 5) is 5.64. The third-order valence-corrected chi connectivity index (χ3v) is 4.50. The summed E-state index contributed by atoms with van der Waals surface area (Å²) in [5.74, 6) is 0. The van der Waals surface area contributed by atoms with Crippen LogP contribution in [0.15, 0.2) is 48.7 Å². The van der Waals surface area contributed by atoms with Gasteiger partial charge in [-0.25, -0.2) is 9.50 Å². The molecule has 0 fully saturated rings. The molecule has 0 N–H and O–H groups in total. The second-order valence-corrected chi connectivity index (χ2v) is 5.81. The summed E-state index contributed by atoms with van der Waals surface area (Å²) >= 11 is 1.66. The van der Waals surface area contributed by atoms with Crippen LogP contribution in [0.1, 0.15) is 11.9 Å². The Morgan fingerprint density at radius 3 is 2.75 bits per heavy atom. The van der Waals surface area contributed by atoms with E-state index in [0.29, 0.717) is 0 Å². The molecule has 2 heterocycles. The molecule has 0 unspecified atom stereocenters. The second kappa shape index (κ2) is 4.42. The minimum atomic E-state index is 0.958. The van der Waals surface area contributed by atoms with Crippen LogP contribution in [-0.4, -0.2) is 14.6 Å². The van der Waals surface area contributed by atoms with Crippen LogP contribution < -0.4 is 0 Å². The van der Waals surface area contributed by atoms with Gasteiger partial charge in [-0.1, -0.05) is 54.7 Å². The van der Waals surface area contributed by atoms with Gasteiger partial charge in [0.05, 0.1) is 11.9 Å². The fourth-order valence-electron chi connectivity index (χ4n) is 2.37. The summed E-state index contributed by atoms with van der Waals surface area (Å²) in [6, 6.07) is 14.8. The van der Waals surface area contributed by atoms with Crippen LogP contribution in [0.5, 0.6) is 0 Å². The highest BCUT2D eigenvalue weighted by Gasteiger charge is 2.09. The topological polar surface area (TPSA) is 30.2 Å². The average Bonchev–Trinajstić information content (AvgIpc) is 3.04. The standard InChI is InChI=1S/C16H13N3S/c1-2-15-18-19-10-14(17-16(19)20-15)13-8-7-11-5-3-4-6-12(11)9-13/h3-10H,2H2,1H3. The first kappa shape index (κ1) is 11.6. The van der Waals surface area contributed by atoms with E-state index in [2.05, 4.69) is 59.5 Å². The van der Waals surface area contributed by atoms with Crippen LogP contribution in [0.2, 0.25) is 0 Å². The molecule has 0 saturated carbocycles. The number of benzene rings is 2. The summed E-state index contributed by atoms with van der Waals surface area (Å²) in [7, 11) is 0. The highest BCUT2D eigenvalue weighted by molar-refractivity contribution is 7.16. The van der Waals surface area contributed by atoms with Gasteiger partial charge in [-0.15, -0.1) is 0 Å². The molecule has 98 valence electrons. The molecule has 0 spiro atoms. The lowest BCUT2D eigenvalue weighted by Gasteiger charge is -2.00. The maximum atomic E-state index is 4.68. The molecule has 4 rings (SSSR count). The van der Waals surface area contributed by atoms with E-state index in [-0.39, 0.29) is 0 Å². The lowest BCUT2D eigenvalue weighted by molar-refractivity contribution is 0.910. The van der Waals surface area contributed by atoms with Crippen molar-refractivity contribution in [3.8, 4) is 11.3 Å². The van der Waals surface area contributed by atoms with E-state index in [9.17, 15) is 0 Å². The molecule has 0 bridgehead atoms. The monoisotopic (exact) mass is 279 g/mol. The van der Waals surface area contributed by atoms with Gasteiger partial charge in [0.15, 0.2) is 0 Å². The molecule has 4 heteroatoms. The normalized spacial score (nSPS) is 11.4. The number of fused-ring (bicyclic) bond motifs is 2. The third kappa shape index (κ3) is 1.80. The van der Waals surface area contributed by atoms with E-state index in [1.165, 1.54) is 10.8 Å². The fraction of sp³-hybridized carbons (Fsp3) is 0.125. The molecule has 0 amide bonds. The van der Waals surface area contributed by atoms with Crippen LogP contribution in [0, 0.1) is 0 Å². The number of rotatable bonds is 2. The van der Waals surface area contributed by atoms with Gasteiger partial charge in [0.25, 0.3) is 0 Å². The smallest absolute Gasteiger partial charge is 0.212 e. The van der Waals surface area contributed by atoms with Crippen molar-refractivity contribution in [2.75, 3.05) is 0 Å². The average molecular weight is 279 g/mol. The Morgan fingerprint density at radius 2 is 1.95 bits per heavy atom. The molecular weight excluding hydrogens is 266 g/mol. The quantitative estimate of drug-likeness (QED) is 0.551. The number of imidazole rings is 1. The lowest BCUT2D eigenvalue weighted by Crippen LogP contribution is -1.83. The van der Waals surface area contributed by atoms with E-state index >= 15 is 0 Å². The van der Waals surface area contributed by atoms with Gasteiger partial charge in [-0.05, 0) is 23.3 Å². The Morgan fingerprint density at radius 1 is 1.10 bits per heavy atom. The second-order valence-electron chi connectivity index (χ2n) is 4.76. The molecule has 0 saturated heterocycles. The van der Waals surface area contributed by atoms with Crippen molar-refractivity contribution in [3.05, 3.63) is 53.7 Å². The van der Waals surface area contributed by atoms with Gasteiger partial charge in [-0.2, -0.15) is 5.10 Å². The van der Waals surface area contributed by atoms with Gasteiger partial charge in [0.2, 0.25) is 4.96 Å². The summed E-state index contributed by atoms with van der Waals surface area (Å²) < 4.78 is 1.88. The number of hydrogen-bond acceptors (Lipinski definition) is 3. The summed E-state index contributed by atoms with van der Waals surface area (Å²) in [6.45, 7) is 2.11. The Labute approximate surface area is 120 Å². The Kier molecular flexibility index (Phi) is 2.57. The van der Waals surface area contributed by atoms with E-state index in [1.54, 1.807) is 11.3 Å². The van der Waals surface area contributed by atoms with E-state index < -0.39 is 0 Å². The minimum Gasteiger partial charge on any atom is -0.217 e. The van der Waals surface area contributed by atoms with Gasteiger partial charge in [0, 0.05) is 5.56 Å². The van der Waals surface area contributed by atoms with Gasteiger partial charge in [0.1, 0.15) is 5.01 Å². The van der Waals surface area contributed by atoms with Crippen LogP contribution in [0.25, 0.3) is 27.0 Å². The molecule has 2 aromatic heterocycles. The molecule has 2 aromatic carbocycles. The highest BCUT2D eigenvalue weighted by atomic mass is 32.1. The van der Waals surface area contributed by atoms with Crippen molar-refractivity contribution < 1.29 is 0 Å². The zero-order valence-corrected chi connectivity index (χ0v) is 11.9. The van der Waals surface area contributed by atoms with Crippen molar-refractivity contribution >= 4 is 27.1 Å². The molecular formula is C16H13N3S. The number of aryl methyl sites for hydroxylation is 1. The van der Waals surface area contributed by atoms with E-state index in [4.69, 9.17) is 0 Å². The maximum Gasteiger partial charge on any atom is 0.212 e. The molecule has 0 aliphatic carbocycles. The Bertz CT molecular complexity index is 873. The van der Waals surface area contributed by atoms with Crippen molar-refractivity contribution in [1.29, 1.82) is 0 Å². The predicted octanol–water partition coefficient (Wildman–Crippen LogP) is 4.17. The first-order valence-electron chi connectivity index (χ1n) is 6.68. The maximum absolute atomic E-state index is 4.68. The largest absolute Gasteiger partial charge is 0.217 e. The van der Waals surface area contributed by atoms with E-state index in [1.807, 2.05) is 10.7 Å². The molecule has 4 aromatic rings. The molecule has 0 radical (unpaired) electrons. The van der Waals surface area contributed by atoms with Crippen LogP contribution >= 0.6 is 11.3 Å². The van der Waals surface area contributed by atoms with Gasteiger partial charge < -0.3 is 0 Å². The summed E-state index contributed by atoms with van der Waals surface area (Å²) in [5.41, 5.74) is 2.12. The van der Waals surface area contributed by atoms with Gasteiger partial charge >= 0.3 is 0 Å². The highest BCUT2D eigenvalue weighted by Crippen LogP contribution is 2.25. The third-order valence-electron chi connectivity index (χ3n) is 3.43. The predicted molar refractivity (Wildman–Crippen MR) is 83.2 cm³/mol. The summed E-state index contributed by atoms with van der Waals surface area (Å²) in [6.07, 6.45) is 2.97. The van der Waals surface area contributed by atoms with Crippen molar-refractivity contribution in [2.45, 2.75) is 13.3 Å². The molecule has 20 heavy (non-hydrogen) atoms. The fourth-order valence-corrected chi connectivity index (χ4v) is 3.19. The zero-order valence-electron chi connectivity index (χ0n) is 11.1. The van der Waals surface area contributed by atoms with Crippen molar-refractivity contribution in [1.82, 2.24) is 14.6 Å². The van der Waals surface area contributed by atoms with Gasteiger partial charge in [-0.3, -0.25) is 0 Å². The zero-order chi connectivity index (χ0) is 13.5. The molecule has 0 aliphatic rings. The molecule has 3 nitrogen and oxygen atoms in total. The van der Waals surface area contributed by atoms with E-state index in [0.717, 1.165) is 27.6 Å². The molecule has 0 aliphatic heterocycles. The SMILES string of the molecule is CCc1nn2cc(-c3ccc4ccccc4c3)nc2s1. The number of nitrogens with zero attached hydrogens (tertiary/aromatic N) is 3. The van der Waals surface area contributed by atoms with Crippen LogP contribution in [0.3, 0.4) is 0 Å². The minimum absolute atomic E-state index is 0.958.